The van der Waals surface area contributed by atoms with Gasteiger partial charge in [-0.15, -0.1) is 0 Å². The van der Waals surface area contributed by atoms with Gasteiger partial charge in [0.05, 0.1) is 10.6 Å². The summed E-state index contributed by atoms with van der Waals surface area (Å²) in [6, 6.07) is 6.85. The Kier molecular flexibility index (Phi) is 3.71. The number of nitrogens with one attached hydrogen (secondary N) is 1. The van der Waals surface area contributed by atoms with Crippen LogP contribution in [0.15, 0.2) is 34.3 Å². The van der Waals surface area contributed by atoms with Crippen LogP contribution in [0.1, 0.15) is 12.5 Å². The number of hydrazone groups is 1. The monoisotopic (exact) mass is 348 g/mol. The summed E-state index contributed by atoms with van der Waals surface area (Å²) in [5.74, 6) is 0.320. The molecule has 4 fully saturated rings. The number of fused-ring (bicyclic) bond motifs is 1. The van der Waals surface area contributed by atoms with Crippen LogP contribution in [-0.4, -0.2) is 63.2 Å². The maximum Gasteiger partial charge on any atom is 0.276 e. The van der Waals surface area contributed by atoms with Crippen molar-refractivity contribution in [1.29, 1.82) is 0 Å². The second-order valence-electron chi connectivity index (χ2n) is 7.63. The van der Waals surface area contributed by atoms with E-state index < -0.39 is 10.0 Å². The van der Waals surface area contributed by atoms with E-state index >= 15 is 0 Å². The molecule has 0 saturated carbocycles. The summed E-state index contributed by atoms with van der Waals surface area (Å²) in [5, 5.41) is 4.43. The van der Waals surface area contributed by atoms with E-state index in [1.165, 1.54) is 0 Å². The van der Waals surface area contributed by atoms with Crippen molar-refractivity contribution in [3.8, 4) is 0 Å². The molecule has 2 atom stereocenters. The van der Waals surface area contributed by atoms with Crippen LogP contribution in [0, 0.1) is 18.3 Å². The van der Waals surface area contributed by atoms with Gasteiger partial charge in [-0.2, -0.15) is 13.5 Å². The normalized spacial score (nSPS) is 36.8. The van der Waals surface area contributed by atoms with E-state index in [0.29, 0.717) is 5.92 Å². The zero-order valence-electron chi connectivity index (χ0n) is 14.2. The second kappa shape index (κ2) is 5.54. The molecule has 130 valence electrons. The number of hydrogen-bond donors (Lipinski definition) is 1. The Hall–Kier alpha value is -1.44. The molecule has 1 aromatic carbocycles. The summed E-state index contributed by atoms with van der Waals surface area (Å²) in [5.41, 5.74) is 1.99. The highest BCUT2D eigenvalue weighted by molar-refractivity contribution is 7.89. The van der Waals surface area contributed by atoms with E-state index in [4.69, 9.17) is 0 Å². The van der Waals surface area contributed by atoms with E-state index in [2.05, 4.69) is 26.7 Å². The Balaban J connectivity index is 1.61. The fourth-order valence-electron chi connectivity index (χ4n) is 4.40. The summed E-state index contributed by atoms with van der Waals surface area (Å²) in [6.45, 7) is 10.3. The first-order chi connectivity index (χ1) is 11.4. The molecule has 4 heterocycles. The summed E-state index contributed by atoms with van der Waals surface area (Å²) in [6.07, 6.45) is 0. The molecule has 0 radical (unpaired) electrons. The van der Waals surface area contributed by atoms with Crippen LogP contribution in [0.2, 0.25) is 0 Å². The van der Waals surface area contributed by atoms with Gasteiger partial charge >= 0.3 is 0 Å². The number of hydrogen-bond acceptors (Lipinski definition) is 5. The summed E-state index contributed by atoms with van der Waals surface area (Å²) < 4.78 is 25.0. The summed E-state index contributed by atoms with van der Waals surface area (Å²) in [4.78, 5) is 7.73. The molecule has 24 heavy (non-hydrogen) atoms. The van der Waals surface area contributed by atoms with E-state index in [0.717, 1.165) is 50.5 Å². The quantitative estimate of drug-likeness (QED) is 0.824. The van der Waals surface area contributed by atoms with Crippen LogP contribution < -0.4 is 4.83 Å². The zero-order chi connectivity index (χ0) is 16.9. The van der Waals surface area contributed by atoms with E-state index in [1.54, 1.807) is 24.3 Å². The Bertz CT molecular complexity index is 756. The summed E-state index contributed by atoms with van der Waals surface area (Å²) >= 11 is 0. The van der Waals surface area contributed by atoms with Gasteiger partial charge in [0, 0.05) is 50.6 Å². The fourth-order valence-corrected chi connectivity index (χ4v) is 5.22. The molecule has 4 aliphatic rings. The van der Waals surface area contributed by atoms with Crippen molar-refractivity contribution in [2.45, 2.75) is 18.7 Å². The van der Waals surface area contributed by atoms with Crippen LogP contribution in [0.4, 0.5) is 0 Å². The average molecular weight is 348 g/mol. The predicted octanol–water partition coefficient (Wildman–Crippen LogP) is 0.897. The van der Waals surface area contributed by atoms with Crippen molar-refractivity contribution in [1.82, 2.24) is 14.6 Å². The first-order valence-corrected chi connectivity index (χ1v) is 9.95. The minimum absolute atomic E-state index is 0.0620. The highest BCUT2D eigenvalue weighted by Gasteiger charge is 2.49. The molecular formula is C17H24N4O2S. The molecular weight excluding hydrogens is 324 g/mol. The molecule has 4 aliphatic heterocycles. The number of piperidine rings is 2. The standard InChI is InChI=1S/C17H24N4O2S/c1-13-3-5-15(6-4-13)24(22,23)19-18-16-14-9-20-7-8-21(10-14)12-17(16,2)11-20/h3-6,14,19H,7-12H2,1-2H3. The molecule has 4 saturated heterocycles. The SMILES string of the molecule is Cc1ccc(S(=O)(=O)NN=C2C3CN4CCN(C3)CC2(C)C4)cc1. The molecule has 0 aliphatic carbocycles. The van der Waals surface area contributed by atoms with Gasteiger partial charge in [0.2, 0.25) is 0 Å². The van der Waals surface area contributed by atoms with Crippen molar-refractivity contribution in [2.24, 2.45) is 16.4 Å². The minimum atomic E-state index is -3.61. The van der Waals surface area contributed by atoms with E-state index in [-0.39, 0.29) is 10.3 Å². The minimum Gasteiger partial charge on any atom is -0.300 e. The zero-order valence-corrected chi connectivity index (χ0v) is 15.0. The van der Waals surface area contributed by atoms with Crippen molar-refractivity contribution in [3.05, 3.63) is 29.8 Å². The van der Waals surface area contributed by atoms with Gasteiger partial charge in [0.1, 0.15) is 0 Å². The van der Waals surface area contributed by atoms with Gasteiger partial charge in [0.15, 0.2) is 0 Å². The Morgan fingerprint density at radius 1 is 1.12 bits per heavy atom. The van der Waals surface area contributed by atoms with Crippen LogP contribution in [0.25, 0.3) is 0 Å². The number of aryl methyl sites for hydroxylation is 1. The Morgan fingerprint density at radius 2 is 1.71 bits per heavy atom. The van der Waals surface area contributed by atoms with E-state index in [1.807, 2.05) is 6.92 Å². The lowest BCUT2D eigenvalue weighted by atomic mass is 9.72. The van der Waals surface area contributed by atoms with Gasteiger partial charge < -0.3 is 9.80 Å². The van der Waals surface area contributed by atoms with Crippen molar-refractivity contribution >= 4 is 15.7 Å². The lowest BCUT2D eigenvalue weighted by Gasteiger charge is -2.48. The highest BCUT2D eigenvalue weighted by atomic mass is 32.2. The van der Waals surface area contributed by atoms with Crippen LogP contribution >= 0.6 is 0 Å². The third kappa shape index (κ3) is 2.74. The molecule has 0 aromatic heterocycles. The molecule has 7 heteroatoms. The summed E-state index contributed by atoms with van der Waals surface area (Å²) in [7, 11) is -3.61. The smallest absolute Gasteiger partial charge is 0.276 e. The third-order valence-electron chi connectivity index (χ3n) is 5.46. The average Bonchev–Trinajstić information content (AvgIpc) is 2.74. The van der Waals surface area contributed by atoms with E-state index in [9.17, 15) is 8.42 Å². The lowest BCUT2D eigenvalue weighted by Crippen LogP contribution is -2.60. The number of nitrogens with zero attached hydrogens (tertiary/aromatic N) is 3. The van der Waals surface area contributed by atoms with Crippen molar-refractivity contribution in [2.75, 3.05) is 39.3 Å². The third-order valence-corrected chi connectivity index (χ3v) is 6.68. The molecule has 0 amide bonds. The maximum absolute atomic E-state index is 12.5. The molecule has 0 spiro atoms. The van der Waals surface area contributed by atoms with Gasteiger partial charge in [-0.25, -0.2) is 4.83 Å². The molecule has 1 N–H and O–H groups in total. The first-order valence-electron chi connectivity index (χ1n) is 8.47. The molecule has 1 aromatic rings. The topological polar surface area (TPSA) is 65.0 Å². The predicted molar refractivity (Wildman–Crippen MR) is 93.4 cm³/mol. The molecule has 4 bridgehead atoms. The largest absolute Gasteiger partial charge is 0.300 e. The highest BCUT2D eigenvalue weighted by Crippen LogP contribution is 2.38. The molecule has 2 unspecified atom stereocenters. The van der Waals surface area contributed by atoms with Crippen molar-refractivity contribution in [3.63, 3.8) is 0 Å². The second-order valence-corrected chi connectivity index (χ2v) is 9.29. The van der Waals surface area contributed by atoms with Gasteiger partial charge in [0.25, 0.3) is 10.0 Å². The number of sulfonamides is 1. The fraction of sp³-hybridized carbons (Fsp3) is 0.588. The Morgan fingerprint density at radius 3 is 2.25 bits per heavy atom. The van der Waals surface area contributed by atoms with Crippen LogP contribution in [0.3, 0.4) is 0 Å². The van der Waals surface area contributed by atoms with Gasteiger partial charge in [-0.1, -0.05) is 24.6 Å². The van der Waals surface area contributed by atoms with Gasteiger partial charge in [-0.3, -0.25) is 0 Å². The van der Waals surface area contributed by atoms with Gasteiger partial charge in [-0.05, 0) is 19.1 Å². The van der Waals surface area contributed by atoms with Crippen LogP contribution in [0.5, 0.6) is 0 Å². The molecule has 6 nitrogen and oxygen atoms in total. The van der Waals surface area contributed by atoms with Crippen molar-refractivity contribution < 1.29 is 8.42 Å². The maximum atomic E-state index is 12.5. The first kappa shape index (κ1) is 16.1. The number of benzene rings is 1. The lowest BCUT2D eigenvalue weighted by molar-refractivity contribution is 0.130. The Labute approximate surface area is 143 Å². The molecule has 5 rings (SSSR count). The number of rotatable bonds is 3. The van der Waals surface area contributed by atoms with Crippen LogP contribution in [-0.2, 0) is 10.0 Å².